The Morgan fingerprint density at radius 3 is 2.59 bits per heavy atom. The van der Waals surface area contributed by atoms with Crippen molar-refractivity contribution in [2.45, 2.75) is 24.0 Å². The Kier molecular flexibility index (Phi) is 5.50. The molecule has 0 saturated heterocycles. The number of carbonyl (C=O) groups is 1. The van der Waals surface area contributed by atoms with Gasteiger partial charge in [-0.25, -0.2) is 23.3 Å². The summed E-state index contributed by atoms with van der Waals surface area (Å²) in [4.78, 5) is 16.4. The van der Waals surface area contributed by atoms with Crippen LogP contribution in [0.15, 0.2) is 58.4 Å². The molecule has 3 rings (SSSR count). The molecule has 2 aromatic carbocycles. The fourth-order valence-corrected chi connectivity index (χ4v) is 3.77. The zero-order chi connectivity index (χ0) is 19.6. The van der Waals surface area contributed by atoms with Crippen molar-refractivity contribution in [3.63, 3.8) is 0 Å². The number of benzene rings is 2. The minimum Gasteiger partial charge on any atom is -0.466 e. The molecule has 9 heteroatoms. The molecule has 0 saturated carbocycles. The lowest BCUT2D eigenvalue weighted by atomic mass is 10.0. The fourth-order valence-electron chi connectivity index (χ4n) is 2.70. The second kappa shape index (κ2) is 7.67. The van der Waals surface area contributed by atoms with Crippen LogP contribution in [0.1, 0.15) is 24.2 Å². The zero-order valence-corrected chi connectivity index (χ0v) is 15.9. The molecule has 0 aliphatic carbocycles. The van der Waals surface area contributed by atoms with Crippen molar-refractivity contribution in [3.8, 4) is 0 Å². The maximum absolute atomic E-state index is 12.3. The van der Waals surface area contributed by atoms with Crippen molar-refractivity contribution in [1.29, 1.82) is 0 Å². The minimum atomic E-state index is -4.02. The molecule has 27 heavy (non-hydrogen) atoms. The van der Waals surface area contributed by atoms with E-state index in [4.69, 9.17) is 26.2 Å². The van der Waals surface area contributed by atoms with E-state index in [1.807, 2.05) is 30.3 Å². The van der Waals surface area contributed by atoms with Crippen molar-refractivity contribution in [3.05, 3.63) is 64.7 Å². The number of ether oxygens (including phenoxy) is 2. The molecule has 0 aromatic heterocycles. The first-order chi connectivity index (χ1) is 12.8. The van der Waals surface area contributed by atoms with Crippen molar-refractivity contribution < 1.29 is 22.7 Å². The number of aliphatic imine (C=N–C) groups is 1. The SMILES string of the molecule is CCOC(=O)C1N=C(c2ccc(Cl)c(S(N)(=O)=O)c2)OC1c1ccccc1. The molecule has 2 atom stereocenters. The number of hydrogen-bond donors (Lipinski definition) is 1. The number of nitrogens with two attached hydrogens (primary N) is 1. The molecule has 2 aromatic rings. The van der Waals surface area contributed by atoms with Crippen LogP contribution in [0.5, 0.6) is 0 Å². The lowest BCUT2D eigenvalue weighted by Crippen LogP contribution is -2.26. The van der Waals surface area contributed by atoms with E-state index in [1.54, 1.807) is 13.0 Å². The van der Waals surface area contributed by atoms with Crippen molar-refractivity contribution in [2.24, 2.45) is 10.1 Å². The van der Waals surface area contributed by atoms with Crippen LogP contribution in [-0.2, 0) is 24.3 Å². The summed E-state index contributed by atoms with van der Waals surface area (Å²) in [5.41, 5.74) is 1.09. The molecule has 1 aliphatic rings. The van der Waals surface area contributed by atoms with E-state index >= 15 is 0 Å². The van der Waals surface area contributed by atoms with Crippen molar-refractivity contribution in [1.82, 2.24) is 0 Å². The molecule has 0 amide bonds. The van der Waals surface area contributed by atoms with Gasteiger partial charge in [0.05, 0.1) is 11.6 Å². The standard InChI is InChI=1S/C18H17ClN2O5S/c1-2-25-18(22)15-16(11-6-4-3-5-7-11)26-17(21-15)12-8-9-13(19)14(10-12)27(20,23)24/h3-10,15-16H,2H2,1H3,(H2,20,23,24). The summed E-state index contributed by atoms with van der Waals surface area (Å²) in [6.45, 7) is 1.91. The summed E-state index contributed by atoms with van der Waals surface area (Å²) in [6, 6.07) is 12.4. The predicted molar refractivity (Wildman–Crippen MR) is 100 cm³/mol. The Hall–Kier alpha value is -2.42. The van der Waals surface area contributed by atoms with Gasteiger partial charge in [-0.15, -0.1) is 0 Å². The molecule has 0 spiro atoms. The Labute approximate surface area is 161 Å². The molecule has 142 valence electrons. The maximum Gasteiger partial charge on any atom is 0.335 e. The van der Waals surface area contributed by atoms with Crippen LogP contribution in [0.3, 0.4) is 0 Å². The lowest BCUT2D eigenvalue weighted by molar-refractivity contribution is -0.146. The van der Waals surface area contributed by atoms with Gasteiger partial charge in [0.15, 0.2) is 12.1 Å². The molecule has 0 fully saturated rings. The molecule has 0 radical (unpaired) electrons. The van der Waals surface area contributed by atoms with E-state index in [9.17, 15) is 13.2 Å². The minimum absolute atomic E-state index is 0.0126. The topological polar surface area (TPSA) is 108 Å². The third-order valence-corrected chi connectivity index (χ3v) is 5.32. The van der Waals surface area contributed by atoms with Gasteiger partial charge in [-0.05, 0) is 30.7 Å². The first-order valence-corrected chi connectivity index (χ1v) is 10.0. The third-order valence-electron chi connectivity index (χ3n) is 3.92. The highest BCUT2D eigenvalue weighted by Gasteiger charge is 2.39. The maximum atomic E-state index is 12.3. The van der Waals surface area contributed by atoms with Crippen LogP contribution in [0.2, 0.25) is 5.02 Å². The summed E-state index contributed by atoms with van der Waals surface area (Å²) in [7, 11) is -4.02. The van der Waals surface area contributed by atoms with Gasteiger partial charge in [0.1, 0.15) is 4.90 Å². The summed E-state index contributed by atoms with van der Waals surface area (Å²) in [5, 5.41) is 5.18. The largest absolute Gasteiger partial charge is 0.466 e. The quantitative estimate of drug-likeness (QED) is 0.764. The zero-order valence-electron chi connectivity index (χ0n) is 14.3. The second-order valence-electron chi connectivity index (χ2n) is 5.77. The van der Waals surface area contributed by atoms with Gasteiger partial charge in [-0.1, -0.05) is 41.9 Å². The monoisotopic (exact) mass is 408 g/mol. The second-order valence-corrected chi connectivity index (χ2v) is 7.71. The smallest absolute Gasteiger partial charge is 0.335 e. The Morgan fingerprint density at radius 1 is 1.26 bits per heavy atom. The Bertz CT molecular complexity index is 992. The summed E-state index contributed by atoms with van der Waals surface area (Å²) in [6.07, 6.45) is -0.686. The normalized spacial score (nSPS) is 19.3. The number of sulfonamides is 1. The van der Waals surface area contributed by atoms with Crippen LogP contribution < -0.4 is 5.14 Å². The predicted octanol–water partition coefficient (Wildman–Crippen LogP) is 2.44. The van der Waals surface area contributed by atoms with Crippen LogP contribution >= 0.6 is 11.6 Å². The average Bonchev–Trinajstić information content (AvgIpc) is 3.07. The number of esters is 1. The molecule has 2 unspecified atom stereocenters. The van der Waals surface area contributed by atoms with Gasteiger partial charge in [-0.2, -0.15) is 0 Å². The Balaban J connectivity index is 2.01. The number of hydrogen-bond acceptors (Lipinski definition) is 6. The Morgan fingerprint density at radius 2 is 1.96 bits per heavy atom. The number of halogens is 1. The van der Waals surface area contributed by atoms with Gasteiger partial charge < -0.3 is 9.47 Å². The van der Waals surface area contributed by atoms with Gasteiger partial charge in [0.25, 0.3) is 0 Å². The average molecular weight is 409 g/mol. The van der Waals surface area contributed by atoms with E-state index in [0.717, 1.165) is 5.56 Å². The molecular weight excluding hydrogens is 392 g/mol. The van der Waals surface area contributed by atoms with Gasteiger partial charge in [0, 0.05) is 5.56 Å². The molecular formula is C18H17ClN2O5S. The van der Waals surface area contributed by atoms with E-state index < -0.39 is 28.1 Å². The van der Waals surface area contributed by atoms with Crippen LogP contribution in [-0.4, -0.2) is 32.9 Å². The van der Waals surface area contributed by atoms with E-state index in [-0.39, 0.29) is 22.4 Å². The fraction of sp³-hybridized carbons (Fsp3) is 0.222. The van der Waals surface area contributed by atoms with E-state index in [2.05, 4.69) is 4.99 Å². The summed E-state index contributed by atoms with van der Waals surface area (Å²) >= 11 is 5.92. The number of primary sulfonamides is 1. The van der Waals surface area contributed by atoms with Crippen molar-refractivity contribution in [2.75, 3.05) is 6.61 Å². The first kappa shape index (κ1) is 19.3. The number of nitrogens with zero attached hydrogens (tertiary/aromatic N) is 1. The van der Waals surface area contributed by atoms with Gasteiger partial charge in [0.2, 0.25) is 15.9 Å². The lowest BCUT2D eigenvalue weighted by Gasteiger charge is -2.17. The van der Waals surface area contributed by atoms with E-state index in [1.165, 1.54) is 12.1 Å². The number of carbonyl (C=O) groups excluding carboxylic acids is 1. The van der Waals surface area contributed by atoms with Gasteiger partial charge >= 0.3 is 5.97 Å². The van der Waals surface area contributed by atoms with E-state index in [0.29, 0.717) is 5.56 Å². The number of rotatable bonds is 5. The summed E-state index contributed by atoms with van der Waals surface area (Å²) < 4.78 is 34.4. The molecule has 2 N–H and O–H groups in total. The summed E-state index contributed by atoms with van der Waals surface area (Å²) in [5.74, 6) is -0.412. The van der Waals surface area contributed by atoms with Crippen molar-refractivity contribution >= 4 is 33.5 Å². The highest BCUT2D eigenvalue weighted by molar-refractivity contribution is 7.89. The highest BCUT2D eigenvalue weighted by Crippen LogP contribution is 2.33. The highest BCUT2D eigenvalue weighted by atomic mass is 35.5. The molecule has 0 bridgehead atoms. The van der Waals surface area contributed by atoms with Crippen LogP contribution in [0.4, 0.5) is 0 Å². The van der Waals surface area contributed by atoms with Crippen LogP contribution in [0.25, 0.3) is 0 Å². The third kappa shape index (κ3) is 4.13. The molecule has 1 aliphatic heterocycles. The first-order valence-electron chi connectivity index (χ1n) is 8.10. The van der Waals surface area contributed by atoms with Crippen LogP contribution in [0, 0.1) is 0 Å². The molecule has 1 heterocycles. The molecule has 7 nitrogen and oxygen atoms in total. The van der Waals surface area contributed by atoms with Gasteiger partial charge in [-0.3, -0.25) is 0 Å².